The summed E-state index contributed by atoms with van der Waals surface area (Å²) in [6.07, 6.45) is 7.00. The second-order valence-electron chi connectivity index (χ2n) is 6.12. The van der Waals surface area contributed by atoms with Gasteiger partial charge in [-0.05, 0) is 44.9 Å². The molecule has 3 N–H and O–H groups in total. The maximum absolute atomic E-state index is 12.4. The number of likely N-dealkylation sites (tertiary alicyclic amines) is 1. The molecule has 0 aromatic carbocycles. The van der Waals surface area contributed by atoms with E-state index >= 15 is 0 Å². The molecule has 1 unspecified atom stereocenters. The van der Waals surface area contributed by atoms with Crippen LogP contribution < -0.4 is 11.1 Å². The summed E-state index contributed by atoms with van der Waals surface area (Å²) in [6.45, 7) is 2.72. The number of nitrogens with two attached hydrogens (primary N) is 1. The topological polar surface area (TPSA) is 75.4 Å². The van der Waals surface area contributed by atoms with E-state index in [1.807, 2.05) is 6.92 Å². The summed E-state index contributed by atoms with van der Waals surface area (Å²) in [5, 5.41) is 3.12. The number of nitrogens with zero attached hydrogens (tertiary/aromatic N) is 1. The molecule has 5 nitrogen and oxygen atoms in total. The van der Waals surface area contributed by atoms with Gasteiger partial charge in [-0.2, -0.15) is 0 Å². The molecule has 0 radical (unpaired) electrons. The molecule has 1 aliphatic carbocycles. The van der Waals surface area contributed by atoms with E-state index in [0.29, 0.717) is 6.42 Å². The Bertz CT molecular complexity index is 351. The Hall–Kier alpha value is -1.10. The van der Waals surface area contributed by atoms with Crippen molar-refractivity contribution in [1.29, 1.82) is 0 Å². The van der Waals surface area contributed by atoms with Crippen LogP contribution in [0.2, 0.25) is 0 Å². The predicted octanol–water partition coefficient (Wildman–Crippen LogP) is 1.16. The molecule has 1 atom stereocenters. The lowest BCUT2D eigenvalue weighted by Crippen LogP contribution is -2.50. The average molecular weight is 281 g/mol. The fourth-order valence-electron chi connectivity index (χ4n) is 3.26. The summed E-state index contributed by atoms with van der Waals surface area (Å²) in [7, 11) is 0. The summed E-state index contributed by atoms with van der Waals surface area (Å²) >= 11 is 0. The van der Waals surface area contributed by atoms with Crippen molar-refractivity contribution >= 4 is 11.8 Å². The average Bonchev–Trinajstić information content (AvgIpc) is 2.91. The second kappa shape index (κ2) is 7.07. The van der Waals surface area contributed by atoms with E-state index < -0.39 is 0 Å². The number of carbonyl (C=O) groups is 2. The van der Waals surface area contributed by atoms with Gasteiger partial charge in [0.05, 0.1) is 0 Å². The molecule has 114 valence electrons. The zero-order valence-corrected chi connectivity index (χ0v) is 12.4. The SMILES string of the molecule is CCCC(=O)N1CCCC1C(=O)NC1CCC(N)CC1. The standard InChI is InChI=1S/C15H27N3O2/c1-2-4-14(19)18-10-3-5-13(18)15(20)17-12-8-6-11(16)7-9-12/h11-13H,2-10,16H2,1H3,(H,17,20). The predicted molar refractivity (Wildman–Crippen MR) is 78.0 cm³/mol. The van der Waals surface area contributed by atoms with Crippen LogP contribution in [0.25, 0.3) is 0 Å². The minimum Gasteiger partial charge on any atom is -0.352 e. The molecule has 0 aromatic heterocycles. The number of amides is 2. The maximum Gasteiger partial charge on any atom is 0.243 e. The van der Waals surface area contributed by atoms with Crippen LogP contribution in [0.15, 0.2) is 0 Å². The van der Waals surface area contributed by atoms with E-state index in [9.17, 15) is 9.59 Å². The zero-order chi connectivity index (χ0) is 14.5. The minimum absolute atomic E-state index is 0.0347. The van der Waals surface area contributed by atoms with Crippen LogP contribution in [0.1, 0.15) is 58.3 Å². The normalized spacial score (nSPS) is 30.3. The Balaban J connectivity index is 1.86. The van der Waals surface area contributed by atoms with Gasteiger partial charge in [-0.15, -0.1) is 0 Å². The van der Waals surface area contributed by atoms with Gasteiger partial charge in [-0.1, -0.05) is 6.92 Å². The number of rotatable bonds is 4. The van der Waals surface area contributed by atoms with Crippen molar-refractivity contribution in [3.63, 3.8) is 0 Å². The highest BCUT2D eigenvalue weighted by Gasteiger charge is 2.34. The van der Waals surface area contributed by atoms with Gasteiger partial charge in [-0.3, -0.25) is 9.59 Å². The van der Waals surface area contributed by atoms with Gasteiger partial charge >= 0.3 is 0 Å². The van der Waals surface area contributed by atoms with E-state index in [4.69, 9.17) is 5.73 Å². The third-order valence-electron chi connectivity index (χ3n) is 4.46. The molecule has 1 saturated carbocycles. The minimum atomic E-state index is -0.246. The summed E-state index contributed by atoms with van der Waals surface area (Å²) in [4.78, 5) is 26.2. The molecular weight excluding hydrogens is 254 g/mol. The Morgan fingerprint density at radius 3 is 2.55 bits per heavy atom. The Morgan fingerprint density at radius 1 is 1.20 bits per heavy atom. The van der Waals surface area contributed by atoms with Crippen molar-refractivity contribution in [3.05, 3.63) is 0 Å². The van der Waals surface area contributed by atoms with Crippen molar-refractivity contribution in [2.45, 2.75) is 76.4 Å². The van der Waals surface area contributed by atoms with E-state index in [2.05, 4.69) is 5.32 Å². The molecule has 1 aliphatic heterocycles. The monoisotopic (exact) mass is 281 g/mol. The lowest BCUT2D eigenvalue weighted by atomic mass is 9.91. The summed E-state index contributed by atoms with van der Waals surface area (Å²) < 4.78 is 0. The first-order valence-electron chi connectivity index (χ1n) is 7.97. The highest BCUT2D eigenvalue weighted by atomic mass is 16.2. The van der Waals surface area contributed by atoms with E-state index in [1.165, 1.54) is 0 Å². The quantitative estimate of drug-likeness (QED) is 0.812. The molecule has 2 fully saturated rings. The van der Waals surface area contributed by atoms with Crippen molar-refractivity contribution < 1.29 is 9.59 Å². The highest BCUT2D eigenvalue weighted by molar-refractivity contribution is 5.88. The number of hydrogen-bond donors (Lipinski definition) is 2. The van der Waals surface area contributed by atoms with Gasteiger partial charge in [0.15, 0.2) is 0 Å². The van der Waals surface area contributed by atoms with Crippen LogP contribution in [0.5, 0.6) is 0 Å². The van der Waals surface area contributed by atoms with Gasteiger partial charge < -0.3 is 16.0 Å². The summed E-state index contributed by atoms with van der Waals surface area (Å²) in [5.74, 6) is 0.156. The first kappa shape index (κ1) is 15.3. The molecule has 1 saturated heterocycles. The fourth-order valence-corrected chi connectivity index (χ4v) is 3.26. The van der Waals surface area contributed by atoms with Crippen LogP contribution in [0.3, 0.4) is 0 Å². The molecule has 0 spiro atoms. The molecule has 2 amide bonds. The highest BCUT2D eigenvalue weighted by Crippen LogP contribution is 2.21. The summed E-state index contributed by atoms with van der Waals surface area (Å²) in [6, 6.07) is 0.285. The number of carbonyl (C=O) groups excluding carboxylic acids is 2. The smallest absolute Gasteiger partial charge is 0.243 e. The molecule has 2 aliphatic rings. The Kier molecular flexibility index (Phi) is 5.40. The van der Waals surface area contributed by atoms with Crippen LogP contribution in [0, 0.1) is 0 Å². The molecule has 0 bridgehead atoms. The number of hydrogen-bond acceptors (Lipinski definition) is 3. The van der Waals surface area contributed by atoms with E-state index in [-0.39, 0.29) is 29.9 Å². The van der Waals surface area contributed by atoms with E-state index in [1.54, 1.807) is 4.90 Å². The molecule has 5 heteroatoms. The van der Waals surface area contributed by atoms with Crippen LogP contribution in [0.4, 0.5) is 0 Å². The first-order chi connectivity index (χ1) is 9.61. The van der Waals surface area contributed by atoms with Crippen molar-refractivity contribution in [2.24, 2.45) is 5.73 Å². The largest absolute Gasteiger partial charge is 0.352 e. The van der Waals surface area contributed by atoms with Gasteiger partial charge in [0.2, 0.25) is 11.8 Å². The second-order valence-corrected chi connectivity index (χ2v) is 6.12. The molecule has 0 aromatic rings. The Labute approximate surface area is 121 Å². The molecule has 20 heavy (non-hydrogen) atoms. The number of nitrogens with one attached hydrogen (secondary N) is 1. The van der Waals surface area contributed by atoms with Gasteiger partial charge in [0.25, 0.3) is 0 Å². The molecule has 1 heterocycles. The third-order valence-corrected chi connectivity index (χ3v) is 4.46. The molecule has 2 rings (SSSR count). The Morgan fingerprint density at radius 2 is 1.90 bits per heavy atom. The third kappa shape index (κ3) is 3.72. The zero-order valence-electron chi connectivity index (χ0n) is 12.4. The van der Waals surface area contributed by atoms with Crippen LogP contribution in [-0.4, -0.2) is 41.4 Å². The lowest BCUT2D eigenvalue weighted by molar-refractivity contribution is -0.138. The van der Waals surface area contributed by atoms with E-state index in [0.717, 1.165) is 51.5 Å². The molecular formula is C15H27N3O2. The van der Waals surface area contributed by atoms with Crippen molar-refractivity contribution in [2.75, 3.05) is 6.54 Å². The van der Waals surface area contributed by atoms with Gasteiger partial charge in [0.1, 0.15) is 6.04 Å². The van der Waals surface area contributed by atoms with Crippen molar-refractivity contribution in [1.82, 2.24) is 10.2 Å². The fraction of sp³-hybridized carbons (Fsp3) is 0.867. The van der Waals surface area contributed by atoms with Gasteiger partial charge in [0, 0.05) is 25.0 Å². The van der Waals surface area contributed by atoms with Crippen LogP contribution in [-0.2, 0) is 9.59 Å². The summed E-state index contributed by atoms with van der Waals surface area (Å²) in [5.41, 5.74) is 5.88. The van der Waals surface area contributed by atoms with Crippen LogP contribution >= 0.6 is 0 Å². The maximum atomic E-state index is 12.4. The van der Waals surface area contributed by atoms with Crippen molar-refractivity contribution in [3.8, 4) is 0 Å². The lowest BCUT2D eigenvalue weighted by Gasteiger charge is -2.30. The van der Waals surface area contributed by atoms with Gasteiger partial charge in [-0.25, -0.2) is 0 Å². The first-order valence-corrected chi connectivity index (χ1v) is 7.97.